The molecule has 2 aromatic heterocycles. The third kappa shape index (κ3) is 2.94. The third-order valence-corrected chi connectivity index (χ3v) is 3.44. The molecule has 7 heteroatoms. The average Bonchev–Trinajstić information content (AvgIpc) is 2.75. The highest BCUT2D eigenvalue weighted by Gasteiger charge is 2.12. The first-order valence-electron chi connectivity index (χ1n) is 5.19. The summed E-state index contributed by atoms with van der Waals surface area (Å²) in [6.45, 7) is 1.98. The van der Waals surface area contributed by atoms with Crippen molar-refractivity contribution < 1.29 is 9.90 Å². The van der Waals surface area contributed by atoms with E-state index in [2.05, 4.69) is 19.9 Å². The van der Waals surface area contributed by atoms with Crippen molar-refractivity contribution in [3.8, 4) is 0 Å². The topological polar surface area (TPSA) is 91.8 Å². The highest BCUT2D eigenvalue weighted by atomic mass is 32.2. The average molecular weight is 252 g/mol. The summed E-state index contributed by atoms with van der Waals surface area (Å²) in [7, 11) is 0. The fourth-order valence-corrected chi connectivity index (χ4v) is 2.40. The van der Waals surface area contributed by atoms with E-state index in [9.17, 15) is 4.79 Å². The first kappa shape index (κ1) is 11.8. The standard InChI is InChI=1S/C10H12N4O2S/c1-6(2-3-7(15)16)17-10-8-9(12-4-11-8)13-5-14-10/h4-6H,2-3H2,1H3,(H,15,16)(H,11,12,13,14). The van der Waals surface area contributed by atoms with Crippen LogP contribution in [0.25, 0.3) is 11.2 Å². The number of aromatic amines is 1. The maximum absolute atomic E-state index is 10.5. The number of hydrogen-bond acceptors (Lipinski definition) is 5. The molecule has 90 valence electrons. The summed E-state index contributed by atoms with van der Waals surface area (Å²) in [5, 5.41) is 9.61. The van der Waals surface area contributed by atoms with Gasteiger partial charge in [-0.3, -0.25) is 4.79 Å². The minimum Gasteiger partial charge on any atom is -0.481 e. The fourth-order valence-electron chi connectivity index (χ4n) is 1.41. The van der Waals surface area contributed by atoms with Gasteiger partial charge in [0.05, 0.1) is 6.33 Å². The van der Waals surface area contributed by atoms with E-state index in [1.54, 1.807) is 6.33 Å². The number of aromatic nitrogens is 4. The van der Waals surface area contributed by atoms with E-state index in [0.717, 1.165) is 10.5 Å². The molecular weight excluding hydrogens is 240 g/mol. The number of nitrogens with zero attached hydrogens (tertiary/aromatic N) is 3. The zero-order valence-corrected chi connectivity index (χ0v) is 10.1. The summed E-state index contributed by atoms with van der Waals surface area (Å²) in [6, 6.07) is 0. The van der Waals surface area contributed by atoms with E-state index in [1.165, 1.54) is 18.1 Å². The number of carboxylic acids is 1. The number of carbonyl (C=O) groups is 1. The molecule has 2 N–H and O–H groups in total. The van der Waals surface area contributed by atoms with Gasteiger partial charge >= 0.3 is 5.97 Å². The van der Waals surface area contributed by atoms with E-state index in [0.29, 0.717) is 12.1 Å². The van der Waals surface area contributed by atoms with Gasteiger partial charge in [0.15, 0.2) is 5.65 Å². The molecule has 0 bridgehead atoms. The first-order chi connectivity index (χ1) is 8.16. The van der Waals surface area contributed by atoms with E-state index in [-0.39, 0.29) is 11.7 Å². The Morgan fingerprint density at radius 3 is 3.12 bits per heavy atom. The second-order valence-electron chi connectivity index (χ2n) is 3.64. The van der Waals surface area contributed by atoms with E-state index >= 15 is 0 Å². The fraction of sp³-hybridized carbons (Fsp3) is 0.400. The highest BCUT2D eigenvalue weighted by molar-refractivity contribution is 8.00. The Balaban J connectivity index is 2.07. The monoisotopic (exact) mass is 252 g/mol. The van der Waals surface area contributed by atoms with Crippen LogP contribution in [0.4, 0.5) is 0 Å². The lowest BCUT2D eigenvalue weighted by molar-refractivity contribution is -0.137. The van der Waals surface area contributed by atoms with Crippen LogP contribution in [0, 0.1) is 0 Å². The van der Waals surface area contributed by atoms with Crippen molar-refractivity contribution in [2.45, 2.75) is 30.0 Å². The van der Waals surface area contributed by atoms with Crippen molar-refractivity contribution in [3.05, 3.63) is 12.7 Å². The van der Waals surface area contributed by atoms with Crippen LogP contribution >= 0.6 is 11.8 Å². The lowest BCUT2D eigenvalue weighted by Gasteiger charge is -2.08. The molecular formula is C10H12N4O2S. The molecule has 1 atom stereocenters. The molecule has 0 amide bonds. The molecule has 17 heavy (non-hydrogen) atoms. The summed E-state index contributed by atoms with van der Waals surface area (Å²) in [4.78, 5) is 25.7. The maximum atomic E-state index is 10.5. The van der Waals surface area contributed by atoms with Gasteiger partial charge in [-0.05, 0) is 6.42 Å². The molecule has 0 fully saturated rings. The number of fused-ring (bicyclic) bond motifs is 1. The molecule has 0 saturated carbocycles. The van der Waals surface area contributed by atoms with Crippen molar-refractivity contribution in [2.75, 3.05) is 0 Å². The number of rotatable bonds is 5. The number of carboxylic acid groups (broad SMARTS) is 1. The molecule has 0 aromatic carbocycles. The molecule has 0 saturated heterocycles. The molecule has 2 aromatic rings. The maximum Gasteiger partial charge on any atom is 0.303 e. The van der Waals surface area contributed by atoms with Crippen molar-refractivity contribution in [1.29, 1.82) is 0 Å². The first-order valence-corrected chi connectivity index (χ1v) is 6.07. The van der Waals surface area contributed by atoms with Crippen molar-refractivity contribution in [2.24, 2.45) is 0 Å². The van der Waals surface area contributed by atoms with Crippen LogP contribution in [-0.2, 0) is 4.79 Å². The van der Waals surface area contributed by atoms with Gasteiger partial charge in [-0.25, -0.2) is 15.0 Å². The van der Waals surface area contributed by atoms with Gasteiger partial charge in [0.25, 0.3) is 0 Å². The molecule has 2 heterocycles. The van der Waals surface area contributed by atoms with Gasteiger partial charge in [0.1, 0.15) is 16.9 Å². The number of imidazole rings is 1. The van der Waals surface area contributed by atoms with Gasteiger partial charge in [0.2, 0.25) is 0 Å². The lowest BCUT2D eigenvalue weighted by atomic mass is 10.2. The van der Waals surface area contributed by atoms with Crippen LogP contribution < -0.4 is 0 Å². The molecule has 0 aliphatic carbocycles. The van der Waals surface area contributed by atoms with Crippen LogP contribution in [0.1, 0.15) is 19.8 Å². The quantitative estimate of drug-likeness (QED) is 0.621. The van der Waals surface area contributed by atoms with Crippen LogP contribution in [0.3, 0.4) is 0 Å². The molecule has 0 spiro atoms. The second-order valence-corrected chi connectivity index (χ2v) is 5.07. The van der Waals surface area contributed by atoms with Crippen LogP contribution in [-0.4, -0.2) is 36.3 Å². The Bertz CT molecular complexity index is 528. The van der Waals surface area contributed by atoms with E-state index in [1.807, 2.05) is 6.92 Å². The molecule has 0 aliphatic rings. The minimum absolute atomic E-state index is 0.172. The van der Waals surface area contributed by atoms with E-state index in [4.69, 9.17) is 5.11 Å². The Kier molecular flexibility index (Phi) is 3.58. The summed E-state index contributed by atoms with van der Waals surface area (Å²) in [5.41, 5.74) is 1.44. The molecule has 2 rings (SSSR count). The summed E-state index contributed by atoms with van der Waals surface area (Å²) < 4.78 is 0. The number of thioether (sulfide) groups is 1. The second kappa shape index (κ2) is 5.13. The van der Waals surface area contributed by atoms with Gasteiger partial charge in [-0.15, -0.1) is 11.8 Å². The normalized spacial score (nSPS) is 12.8. The molecule has 1 unspecified atom stereocenters. The summed E-state index contributed by atoms with van der Waals surface area (Å²) >= 11 is 1.53. The molecule has 6 nitrogen and oxygen atoms in total. The Morgan fingerprint density at radius 1 is 1.53 bits per heavy atom. The predicted molar refractivity (Wildman–Crippen MR) is 63.9 cm³/mol. The van der Waals surface area contributed by atoms with Crippen LogP contribution in [0.2, 0.25) is 0 Å². The van der Waals surface area contributed by atoms with Crippen LogP contribution in [0.5, 0.6) is 0 Å². The highest BCUT2D eigenvalue weighted by Crippen LogP contribution is 2.27. The predicted octanol–water partition coefficient (Wildman–Crippen LogP) is 1.70. The smallest absolute Gasteiger partial charge is 0.303 e. The number of H-pyrrole nitrogens is 1. The summed E-state index contributed by atoms with van der Waals surface area (Å²) in [5.74, 6) is -0.771. The lowest BCUT2D eigenvalue weighted by Crippen LogP contribution is -2.03. The Hall–Kier alpha value is -1.63. The number of hydrogen-bond donors (Lipinski definition) is 2. The van der Waals surface area contributed by atoms with Crippen molar-refractivity contribution in [3.63, 3.8) is 0 Å². The molecule has 0 radical (unpaired) electrons. The van der Waals surface area contributed by atoms with E-state index < -0.39 is 5.97 Å². The Morgan fingerprint density at radius 2 is 2.35 bits per heavy atom. The molecule has 0 aliphatic heterocycles. The van der Waals surface area contributed by atoms with Gasteiger partial charge in [-0.2, -0.15) is 0 Å². The Labute approximate surface area is 102 Å². The minimum atomic E-state index is -0.771. The zero-order chi connectivity index (χ0) is 12.3. The SMILES string of the molecule is CC(CCC(=O)O)Sc1ncnc2nc[nH]c12. The largest absolute Gasteiger partial charge is 0.481 e. The van der Waals surface area contributed by atoms with Crippen molar-refractivity contribution in [1.82, 2.24) is 19.9 Å². The summed E-state index contributed by atoms with van der Waals surface area (Å²) in [6.07, 6.45) is 3.83. The number of nitrogens with one attached hydrogen (secondary N) is 1. The van der Waals surface area contributed by atoms with Gasteiger partial charge in [0, 0.05) is 11.7 Å². The zero-order valence-electron chi connectivity index (χ0n) is 9.25. The van der Waals surface area contributed by atoms with Crippen LogP contribution in [0.15, 0.2) is 17.7 Å². The van der Waals surface area contributed by atoms with Gasteiger partial charge in [-0.1, -0.05) is 6.92 Å². The van der Waals surface area contributed by atoms with Gasteiger partial charge < -0.3 is 10.1 Å². The van der Waals surface area contributed by atoms with Crippen molar-refractivity contribution >= 4 is 28.9 Å². The number of aliphatic carboxylic acids is 1. The third-order valence-electron chi connectivity index (χ3n) is 2.27.